The van der Waals surface area contributed by atoms with Gasteiger partial charge in [-0.3, -0.25) is 0 Å². The van der Waals surface area contributed by atoms with Crippen LogP contribution in [0, 0.1) is 0 Å². The lowest BCUT2D eigenvalue weighted by Crippen LogP contribution is -2.45. The Bertz CT molecular complexity index is 372. The van der Waals surface area contributed by atoms with Crippen molar-refractivity contribution in [1.29, 1.82) is 0 Å². The molecule has 1 fully saturated rings. The van der Waals surface area contributed by atoms with Crippen LogP contribution in [0.15, 0.2) is 12.3 Å². The van der Waals surface area contributed by atoms with Gasteiger partial charge in [0.1, 0.15) is 0 Å². The van der Waals surface area contributed by atoms with E-state index in [1.165, 1.54) is 12.8 Å². The second-order valence-electron chi connectivity index (χ2n) is 4.62. The van der Waals surface area contributed by atoms with Crippen LogP contribution in [-0.2, 0) is 0 Å². The number of ether oxygens (including phenoxy) is 1. The van der Waals surface area contributed by atoms with Crippen molar-refractivity contribution in [3.63, 3.8) is 0 Å². The zero-order valence-electron chi connectivity index (χ0n) is 11.0. The topological polar surface area (TPSA) is 64.3 Å². The molecule has 5 nitrogen and oxygen atoms in total. The highest BCUT2D eigenvalue weighted by Gasteiger charge is 2.23. The van der Waals surface area contributed by atoms with E-state index in [0.29, 0.717) is 25.1 Å². The van der Waals surface area contributed by atoms with Gasteiger partial charge in [-0.25, -0.2) is 4.98 Å². The molecule has 1 aliphatic heterocycles. The van der Waals surface area contributed by atoms with E-state index in [1.807, 2.05) is 0 Å². The molecule has 0 aliphatic carbocycles. The highest BCUT2D eigenvalue weighted by Crippen LogP contribution is 2.22. The minimum absolute atomic E-state index is 0.361. The van der Waals surface area contributed by atoms with Crippen molar-refractivity contribution in [2.75, 3.05) is 24.6 Å². The molecule has 1 aliphatic rings. The van der Waals surface area contributed by atoms with Gasteiger partial charge in [-0.1, -0.05) is 6.92 Å². The molecule has 0 radical (unpaired) electrons. The fourth-order valence-electron chi connectivity index (χ4n) is 2.27. The van der Waals surface area contributed by atoms with Gasteiger partial charge in [0.25, 0.3) is 0 Å². The van der Waals surface area contributed by atoms with Crippen molar-refractivity contribution in [2.24, 2.45) is 5.73 Å². The van der Waals surface area contributed by atoms with Crippen LogP contribution in [0.4, 0.5) is 5.95 Å². The van der Waals surface area contributed by atoms with E-state index in [4.69, 9.17) is 10.5 Å². The molecule has 100 valence electrons. The van der Waals surface area contributed by atoms with Crippen molar-refractivity contribution >= 4 is 5.95 Å². The first-order valence-electron chi connectivity index (χ1n) is 6.77. The fourth-order valence-corrected chi connectivity index (χ4v) is 2.27. The summed E-state index contributed by atoms with van der Waals surface area (Å²) < 4.78 is 5.55. The van der Waals surface area contributed by atoms with Gasteiger partial charge in [-0.2, -0.15) is 4.98 Å². The molecule has 0 bridgehead atoms. The average molecular weight is 250 g/mol. The molecule has 2 heterocycles. The standard InChI is InChI=1S/C13H22N4O/c1-2-9-18-12-6-7-15-13(16-12)17-8-4-3-5-11(17)10-14/h6-7,11H,2-5,8-10,14H2,1H3. The summed E-state index contributed by atoms with van der Waals surface area (Å²) in [5, 5.41) is 0. The molecule has 2 rings (SSSR count). The zero-order chi connectivity index (χ0) is 12.8. The molecule has 5 heteroatoms. The van der Waals surface area contributed by atoms with Crippen LogP contribution in [0.3, 0.4) is 0 Å². The van der Waals surface area contributed by atoms with Gasteiger partial charge in [-0.05, 0) is 25.7 Å². The molecule has 1 atom stereocenters. The van der Waals surface area contributed by atoms with Crippen molar-refractivity contribution in [2.45, 2.75) is 38.6 Å². The quantitative estimate of drug-likeness (QED) is 0.859. The van der Waals surface area contributed by atoms with Crippen LogP contribution in [0.1, 0.15) is 32.6 Å². The molecule has 1 aromatic rings. The maximum atomic E-state index is 5.82. The summed E-state index contributed by atoms with van der Waals surface area (Å²) in [7, 11) is 0. The van der Waals surface area contributed by atoms with Crippen LogP contribution in [0.2, 0.25) is 0 Å². The number of piperidine rings is 1. The Balaban J connectivity index is 2.10. The molecule has 0 aromatic carbocycles. The van der Waals surface area contributed by atoms with E-state index in [9.17, 15) is 0 Å². The van der Waals surface area contributed by atoms with E-state index in [2.05, 4.69) is 21.8 Å². The molecule has 1 unspecified atom stereocenters. The highest BCUT2D eigenvalue weighted by atomic mass is 16.5. The van der Waals surface area contributed by atoms with Crippen LogP contribution in [-0.4, -0.2) is 35.7 Å². The largest absolute Gasteiger partial charge is 0.478 e. The normalized spacial score (nSPS) is 19.9. The third-order valence-corrected chi connectivity index (χ3v) is 3.23. The van der Waals surface area contributed by atoms with E-state index >= 15 is 0 Å². The Morgan fingerprint density at radius 2 is 2.39 bits per heavy atom. The lowest BCUT2D eigenvalue weighted by molar-refractivity contribution is 0.304. The van der Waals surface area contributed by atoms with Crippen LogP contribution >= 0.6 is 0 Å². The van der Waals surface area contributed by atoms with Gasteiger partial charge in [0, 0.05) is 31.4 Å². The SMILES string of the molecule is CCCOc1ccnc(N2CCCCC2CN)n1. The summed E-state index contributed by atoms with van der Waals surface area (Å²) in [6.07, 6.45) is 6.29. The number of nitrogens with zero attached hydrogens (tertiary/aromatic N) is 3. The van der Waals surface area contributed by atoms with Crippen LogP contribution in [0.5, 0.6) is 5.88 Å². The number of anilines is 1. The lowest BCUT2D eigenvalue weighted by Gasteiger charge is -2.34. The van der Waals surface area contributed by atoms with Crippen molar-refractivity contribution in [3.05, 3.63) is 12.3 Å². The summed E-state index contributed by atoms with van der Waals surface area (Å²) in [5.41, 5.74) is 5.82. The first-order chi connectivity index (χ1) is 8.85. The number of hydrogen-bond donors (Lipinski definition) is 1. The van der Waals surface area contributed by atoms with E-state index in [0.717, 1.165) is 25.3 Å². The van der Waals surface area contributed by atoms with Gasteiger partial charge in [-0.15, -0.1) is 0 Å². The molecule has 0 saturated carbocycles. The Morgan fingerprint density at radius 1 is 1.50 bits per heavy atom. The molecule has 1 saturated heterocycles. The fraction of sp³-hybridized carbons (Fsp3) is 0.692. The first-order valence-corrected chi connectivity index (χ1v) is 6.77. The van der Waals surface area contributed by atoms with E-state index in [-0.39, 0.29) is 0 Å². The van der Waals surface area contributed by atoms with Crippen molar-refractivity contribution < 1.29 is 4.74 Å². The Morgan fingerprint density at radius 3 is 3.17 bits per heavy atom. The second-order valence-corrected chi connectivity index (χ2v) is 4.62. The molecule has 0 spiro atoms. The summed E-state index contributed by atoms with van der Waals surface area (Å²) in [6.45, 7) is 4.41. The predicted octanol–water partition coefficient (Wildman–Crippen LogP) is 1.58. The van der Waals surface area contributed by atoms with Crippen LogP contribution in [0.25, 0.3) is 0 Å². The molecule has 1 aromatic heterocycles. The smallest absolute Gasteiger partial charge is 0.228 e. The number of aromatic nitrogens is 2. The van der Waals surface area contributed by atoms with Gasteiger partial charge in [0.2, 0.25) is 11.8 Å². The lowest BCUT2D eigenvalue weighted by atomic mass is 10.0. The maximum Gasteiger partial charge on any atom is 0.228 e. The average Bonchev–Trinajstić information content (AvgIpc) is 2.45. The number of rotatable bonds is 5. The molecule has 2 N–H and O–H groups in total. The van der Waals surface area contributed by atoms with E-state index in [1.54, 1.807) is 12.3 Å². The van der Waals surface area contributed by atoms with Crippen molar-refractivity contribution in [3.8, 4) is 5.88 Å². The van der Waals surface area contributed by atoms with Gasteiger partial charge in [0.05, 0.1) is 6.61 Å². The highest BCUT2D eigenvalue weighted by molar-refractivity contribution is 5.34. The molecular formula is C13H22N4O. The zero-order valence-corrected chi connectivity index (χ0v) is 11.0. The first kappa shape index (κ1) is 13.1. The van der Waals surface area contributed by atoms with E-state index < -0.39 is 0 Å². The third kappa shape index (κ3) is 3.10. The summed E-state index contributed by atoms with van der Waals surface area (Å²) in [5.74, 6) is 1.40. The van der Waals surface area contributed by atoms with Crippen molar-refractivity contribution in [1.82, 2.24) is 9.97 Å². The van der Waals surface area contributed by atoms with Crippen LogP contribution < -0.4 is 15.4 Å². The van der Waals surface area contributed by atoms with Gasteiger partial charge in [0.15, 0.2) is 0 Å². The molecule has 0 amide bonds. The number of hydrogen-bond acceptors (Lipinski definition) is 5. The minimum Gasteiger partial charge on any atom is -0.478 e. The summed E-state index contributed by atoms with van der Waals surface area (Å²) >= 11 is 0. The Kier molecular flexibility index (Phi) is 4.75. The third-order valence-electron chi connectivity index (χ3n) is 3.23. The maximum absolute atomic E-state index is 5.82. The summed E-state index contributed by atoms with van der Waals surface area (Å²) in [6, 6.07) is 2.17. The predicted molar refractivity (Wildman–Crippen MR) is 71.9 cm³/mol. The van der Waals surface area contributed by atoms with Gasteiger partial charge >= 0.3 is 0 Å². The second kappa shape index (κ2) is 6.54. The summed E-state index contributed by atoms with van der Waals surface area (Å²) in [4.78, 5) is 11.0. The Hall–Kier alpha value is -1.36. The minimum atomic E-state index is 0.361. The van der Waals surface area contributed by atoms with Gasteiger partial charge < -0.3 is 15.4 Å². The monoisotopic (exact) mass is 250 g/mol. The molecular weight excluding hydrogens is 228 g/mol. The number of nitrogens with two attached hydrogens (primary N) is 1. The molecule has 18 heavy (non-hydrogen) atoms. The Labute approximate surface area is 108 Å².